The summed E-state index contributed by atoms with van der Waals surface area (Å²) in [4.78, 5) is 28.5. The van der Waals surface area contributed by atoms with Gasteiger partial charge in [0.25, 0.3) is 0 Å². The monoisotopic (exact) mass is 343 g/mol. The summed E-state index contributed by atoms with van der Waals surface area (Å²) in [5.41, 5.74) is 1.51. The molecule has 25 heavy (non-hydrogen) atoms. The standard InChI is InChI=1S/C19H25N3O3/c23-18-12-22(16-5-2-1-4-15(16)20-18)19(24)13-21-9-7-14(8-10-21)17-6-3-11-25-17/h1-2,4-5,14,17H,3,6-13H2,(H,20,23). The molecule has 0 spiro atoms. The fraction of sp³-hybridized carbons (Fsp3) is 0.579. The van der Waals surface area contributed by atoms with Crippen LogP contribution in [0.3, 0.4) is 0 Å². The minimum Gasteiger partial charge on any atom is -0.378 e. The van der Waals surface area contributed by atoms with Crippen LogP contribution >= 0.6 is 0 Å². The summed E-state index contributed by atoms with van der Waals surface area (Å²) in [6.45, 7) is 3.23. The maximum Gasteiger partial charge on any atom is 0.244 e. The van der Waals surface area contributed by atoms with Crippen molar-refractivity contribution in [2.45, 2.75) is 31.8 Å². The van der Waals surface area contributed by atoms with Crippen LogP contribution in [0.5, 0.6) is 0 Å². The molecule has 6 heteroatoms. The number of nitrogens with one attached hydrogen (secondary N) is 1. The van der Waals surface area contributed by atoms with Crippen LogP contribution in [0.4, 0.5) is 11.4 Å². The molecule has 6 nitrogen and oxygen atoms in total. The van der Waals surface area contributed by atoms with Crippen molar-refractivity contribution in [2.75, 3.05) is 43.0 Å². The molecule has 3 aliphatic heterocycles. The average Bonchev–Trinajstić information content (AvgIpc) is 3.16. The number of likely N-dealkylation sites (tertiary alicyclic amines) is 1. The molecular formula is C19H25N3O3. The van der Waals surface area contributed by atoms with Crippen LogP contribution < -0.4 is 10.2 Å². The van der Waals surface area contributed by atoms with Gasteiger partial charge in [-0.1, -0.05) is 12.1 Å². The second-order valence-corrected chi connectivity index (χ2v) is 7.21. The van der Waals surface area contributed by atoms with E-state index in [4.69, 9.17) is 4.74 Å². The number of piperidine rings is 1. The molecule has 2 saturated heterocycles. The Morgan fingerprint density at radius 3 is 2.76 bits per heavy atom. The van der Waals surface area contributed by atoms with Crippen molar-refractivity contribution in [3.05, 3.63) is 24.3 Å². The number of carbonyl (C=O) groups is 2. The van der Waals surface area contributed by atoms with Gasteiger partial charge in [-0.3, -0.25) is 19.4 Å². The van der Waals surface area contributed by atoms with E-state index in [2.05, 4.69) is 10.2 Å². The number of ether oxygens (including phenoxy) is 1. The number of para-hydroxylation sites is 2. The number of amides is 2. The summed E-state index contributed by atoms with van der Waals surface area (Å²) >= 11 is 0. The lowest BCUT2D eigenvalue weighted by Crippen LogP contribution is -2.48. The molecule has 134 valence electrons. The van der Waals surface area contributed by atoms with Crippen LogP contribution in [-0.2, 0) is 14.3 Å². The van der Waals surface area contributed by atoms with Crippen molar-refractivity contribution in [3.8, 4) is 0 Å². The lowest BCUT2D eigenvalue weighted by Gasteiger charge is -2.36. The number of benzene rings is 1. The highest BCUT2D eigenvalue weighted by atomic mass is 16.5. The first kappa shape index (κ1) is 16.5. The highest BCUT2D eigenvalue weighted by molar-refractivity contribution is 6.10. The molecule has 2 amide bonds. The first-order valence-corrected chi connectivity index (χ1v) is 9.24. The van der Waals surface area contributed by atoms with Crippen LogP contribution in [0, 0.1) is 5.92 Å². The smallest absolute Gasteiger partial charge is 0.244 e. The maximum absolute atomic E-state index is 12.8. The number of hydrogen-bond acceptors (Lipinski definition) is 4. The average molecular weight is 343 g/mol. The van der Waals surface area contributed by atoms with Crippen molar-refractivity contribution in [2.24, 2.45) is 5.92 Å². The molecule has 0 saturated carbocycles. The molecule has 1 aromatic rings. The van der Waals surface area contributed by atoms with Crippen molar-refractivity contribution < 1.29 is 14.3 Å². The summed E-state index contributed by atoms with van der Waals surface area (Å²) in [5, 5.41) is 2.83. The fourth-order valence-electron chi connectivity index (χ4n) is 4.19. The number of nitrogens with zero attached hydrogens (tertiary/aromatic N) is 2. The molecule has 0 bridgehead atoms. The Balaban J connectivity index is 1.36. The lowest BCUT2D eigenvalue weighted by atomic mass is 9.90. The van der Waals surface area contributed by atoms with Crippen LogP contribution in [-0.4, -0.2) is 55.6 Å². The van der Waals surface area contributed by atoms with Gasteiger partial charge in [0.2, 0.25) is 11.8 Å². The number of hydrogen-bond donors (Lipinski definition) is 1. The number of fused-ring (bicyclic) bond motifs is 1. The normalized spacial score (nSPS) is 24.9. The Hall–Kier alpha value is -1.92. The van der Waals surface area contributed by atoms with E-state index in [1.807, 2.05) is 24.3 Å². The summed E-state index contributed by atoms with van der Waals surface area (Å²) in [7, 11) is 0. The van der Waals surface area contributed by atoms with Gasteiger partial charge in [0.1, 0.15) is 6.54 Å². The van der Waals surface area contributed by atoms with Crippen molar-refractivity contribution in [1.29, 1.82) is 0 Å². The fourth-order valence-corrected chi connectivity index (χ4v) is 4.19. The van der Waals surface area contributed by atoms with Crippen molar-refractivity contribution in [1.82, 2.24) is 4.90 Å². The van der Waals surface area contributed by atoms with E-state index >= 15 is 0 Å². The van der Waals surface area contributed by atoms with Crippen LogP contribution in [0.25, 0.3) is 0 Å². The topological polar surface area (TPSA) is 61.9 Å². The minimum absolute atomic E-state index is 0.00198. The van der Waals surface area contributed by atoms with Crippen molar-refractivity contribution >= 4 is 23.2 Å². The summed E-state index contributed by atoms with van der Waals surface area (Å²) in [6, 6.07) is 7.47. The first-order valence-electron chi connectivity index (χ1n) is 9.24. The Morgan fingerprint density at radius 2 is 2.00 bits per heavy atom. The van der Waals surface area contributed by atoms with Gasteiger partial charge in [-0.2, -0.15) is 0 Å². The SMILES string of the molecule is O=C1CN(C(=O)CN2CCC(C3CCCO3)CC2)c2ccccc2N1. The molecule has 1 N–H and O–H groups in total. The molecule has 3 aliphatic rings. The first-order chi connectivity index (χ1) is 12.2. The zero-order chi connectivity index (χ0) is 17.2. The van der Waals surface area contributed by atoms with Gasteiger partial charge in [-0.25, -0.2) is 0 Å². The quantitative estimate of drug-likeness (QED) is 0.910. The van der Waals surface area contributed by atoms with Crippen LogP contribution in [0.1, 0.15) is 25.7 Å². The number of rotatable bonds is 3. The summed E-state index contributed by atoms with van der Waals surface area (Å²) in [5.74, 6) is 0.498. The van der Waals surface area contributed by atoms with Crippen molar-refractivity contribution in [3.63, 3.8) is 0 Å². The molecule has 0 aliphatic carbocycles. The van der Waals surface area contributed by atoms with E-state index in [0.717, 1.165) is 38.2 Å². The molecular weight excluding hydrogens is 318 g/mol. The van der Waals surface area contributed by atoms with Gasteiger partial charge in [0.15, 0.2) is 0 Å². The second-order valence-electron chi connectivity index (χ2n) is 7.21. The Bertz CT molecular complexity index is 649. The van der Waals surface area contributed by atoms with Gasteiger partial charge in [-0.05, 0) is 56.8 Å². The molecule has 4 rings (SSSR count). The zero-order valence-electron chi connectivity index (χ0n) is 14.4. The second kappa shape index (κ2) is 7.14. The molecule has 1 aromatic carbocycles. The molecule has 3 heterocycles. The maximum atomic E-state index is 12.8. The molecule has 0 aromatic heterocycles. The number of anilines is 2. The lowest BCUT2D eigenvalue weighted by molar-refractivity contribution is -0.123. The minimum atomic E-state index is -0.135. The van der Waals surface area contributed by atoms with E-state index in [-0.39, 0.29) is 18.4 Å². The Kier molecular flexibility index (Phi) is 4.72. The summed E-state index contributed by atoms with van der Waals surface area (Å²) < 4.78 is 5.82. The third kappa shape index (κ3) is 3.55. The van der Waals surface area contributed by atoms with E-state index in [9.17, 15) is 9.59 Å². The zero-order valence-corrected chi connectivity index (χ0v) is 14.4. The predicted octanol–water partition coefficient (Wildman–Crippen LogP) is 1.86. The van der Waals surface area contributed by atoms with Gasteiger partial charge < -0.3 is 10.1 Å². The van der Waals surface area contributed by atoms with Gasteiger partial charge in [-0.15, -0.1) is 0 Å². The molecule has 0 radical (unpaired) electrons. The van der Waals surface area contributed by atoms with E-state index < -0.39 is 0 Å². The largest absolute Gasteiger partial charge is 0.378 e. The van der Waals surface area contributed by atoms with Gasteiger partial charge in [0.05, 0.1) is 24.0 Å². The highest BCUT2D eigenvalue weighted by Crippen LogP contribution is 2.30. The van der Waals surface area contributed by atoms with E-state index in [1.165, 1.54) is 12.8 Å². The van der Waals surface area contributed by atoms with Crippen LogP contribution in [0.2, 0.25) is 0 Å². The third-order valence-corrected chi connectivity index (χ3v) is 5.55. The predicted molar refractivity (Wildman–Crippen MR) is 95.6 cm³/mol. The Morgan fingerprint density at radius 1 is 1.20 bits per heavy atom. The summed E-state index contributed by atoms with van der Waals surface area (Å²) in [6.07, 6.45) is 4.98. The Labute approximate surface area is 148 Å². The third-order valence-electron chi connectivity index (χ3n) is 5.55. The molecule has 2 fully saturated rings. The van der Waals surface area contributed by atoms with E-state index in [0.29, 0.717) is 24.3 Å². The van der Waals surface area contributed by atoms with Gasteiger partial charge in [0, 0.05) is 6.61 Å². The molecule has 1 unspecified atom stereocenters. The molecule has 1 atom stereocenters. The van der Waals surface area contributed by atoms with E-state index in [1.54, 1.807) is 4.90 Å². The number of carbonyl (C=O) groups excluding carboxylic acids is 2. The highest BCUT2D eigenvalue weighted by Gasteiger charge is 2.32. The van der Waals surface area contributed by atoms with Crippen LogP contribution in [0.15, 0.2) is 24.3 Å². The van der Waals surface area contributed by atoms with Gasteiger partial charge >= 0.3 is 0 Å².